The number of nitrogens with two attached hydrogens (primary N) is 2. The molecular formula is C49H64N14O9S2. The Labute approximate surface area is 435 Å². The molecule has 0 bridgehead atoms. The molecule has 6 rings (SSSR count). The number of imidazole rings is 1. The summed E-state index contributed by atoms with van der Waals surface area (Å²) in [5.41, 5.74) is 13.7. The monoisotopic (exact) mass is 1060 g/mol. The van der Waals surface area contributed by atoms with Gasteiger partial charge in [0.2, 0.25) is 35.4 Å². The van der Waals surface area contributed by atoms with Crippen LogP contribution in [0.2, 0.25) is 0 Å². The largest absolute Gasteiger partial charge is 0.370 e. The lowest BCUT2D eigenvalue weighted by molar-refractivity contribution is -0.137. The van der Waals surface area contributed by atoms with Gasteiger partial charge in [-0.2, -0.15) is 0 Å². The van der Waals surface area contributed by atoms with Crippen molar-refractivity contribution in [2.75, 3.05) is 18.1 Å². The zero-order chi connectivity index (χ0) is 53.5. The summed E-state index contributed by atoms with van der Waals surface area (Å²) < 4.78 is 0. The fraction of sp³-hybridized carbons (Fsp3) is 0.449. The number of guanidine groups is 1. The fourth-order valence-corrected chi connectivity index (χ4v) is 10.8. The van der Waals surface area contributed by atoms with E-state index in [1.807, 2.05) is 31.2 Å². The number of ketones is 1. The summed E-state index contributed by atoms with van der Waals surface area (Å²) in [6.07, 6.45) is 4.96. The second-order valence-corrected chi connectivity index (χ2v) is 20.8. The number of amides is 9. The predicted molar refractivity (Wildman–Crippen MR) is 280 cm³/mol. The number of imide groups is 1. The number of aromatic nitrogens is 3. The van der Waals surface area contributed by atoms with E-state index in [2.05, 4.69) is 57.2 Å². The third kappa shape index (κ3) is 15.1. The van der Waals surface area contributed by atoms with Gasteiger partial charge in [0, 0.05) is 66.3 Å². The number of nitrogens with one attached hydrogen (secondary N) is 9. The van der Waals surface area contributed by atoms with Crippen LogP contribution in [0.15, 0.2) is 78.3 Å². The molecule has 396 valence electrons. The van der Waals surface area contributed by atoms with Crippen molar-refractivity contribution < 1.29 is 43.2 Å². The van der Waals surface area contributed by atoms with Crippen LogP contribution < -0.4 is 48.7 Å². The topological polar surface area (TPSA) is 350 Å². The number of para-hydroxylation sites is 1. The van der Waals surface area contributed by atoms with Crippen LogP contribution in [-0.2, 0) is 57.6 Å². The number of aliphatic imine (C=N–C) groups is 1. The van der Waals surface area contributed by atoms with Crippen LogP contribution in [-0.4, -0.2) is 145 Å². The minimum absolute atomic E-state index is 0.0300. The highest BCUT2D eigenvalue weighted by atomic mass is 33.1. The molecule has 4 aromatic rings. The number of fused-ring (bicyclic) bond motifs is 1. The first-order chi connectivity index (χ1) is 35.4. The maximum absolute atomic E-state index is 14.6. The van der Waals surface area contributed by atoms with E-state index in [1.165, 1.54) is 26.4 Å². The summed E-state index contributed by atoms with van der Waals surface area (Å²) in [5, 5.41) is 19.9. The Morgan fingerprint density at radius 3 is 2.04 bits per heavy atom. The van der Waals surface area contributed by atoms with Gasteiger partial charge < -0.3 is 58.7 Å². The van der Waals surface area contributed by atoms with Crippen LogP contribution in [0, 0.1) is 5.92 Å². The van der Waals surface area contributed by atoms with Gasteiger partial charge in [-0.15, -0.1) is 0 Å². The predicted octanol–water partition coefficient (Wildman–Crippen LogP) is 0.220. The van der Waals surface area contributed by atoms with Crippen molar-refractivity contribution in [2.45, 2.75) is 115 Å². The van der Waals surface area contributed by atoms with Gasteiger partial charge in [0.05, 0.1) is 12.4 Å². The van der Waals surface area contributed by atoms with Crippen LogP contribution in [0.3, 0.4) is 0 Å². The second kappa shape index (κ2) is 26.5. The lowest BCUT2D eigenvalue weighted by atomic mass is 9.99. The summed E-state index contributed by atoms with van der Waals surface area (Å²) in [4.78, 5) is 142. The third-order valence-corrected chi connectivity index (χ3v) is 15.2. The van der Waals surface area contributed by atoms with Crippen LogP contribution in [0.25, 0.3) is 10.9 Å². The molecule has 23 nitrogen and oxygen atoms in total. The van der Waals surface area contributed by atoms with E-state index in [0.29, 0.717) is 23.2 Å². The van der Waals surface area contributed by atoms with Gasteiger partial charge in [-0.1, -0.05) is 90.4 Å². The van der Waals surface area contributed by atoms with Gasteiger partial charge in [-0.3, -0.25) is 43.3 Å². The molecule has 0 radical (unpaired) electrons. The number of aromatic amines is 2. The molecule has 13 N–H and O–H groups in total. The van der Waals surface area contributed by atoms with Crippen molar-refractivity contribution in [3.8, 4) is 0 Å². The first kappa shape index (κ1) is 55.9. The Morgan fingerprint density at radius 1 is 0.743 bits per heavy atom. The van der Waals surface area contributed by atoms with Crippen molar-refractivity contribution >= 4 is 91.6 Å². The number of hydrogen-bond acceptors (Lipinski definition) is 13. The molecule has 4 heterocycles. The zero-order valence-corrected chi connectivity index (χ0v) is 43.1. The molecule has 25 heteroatoms. The van der Waals surface area contributed by atoms with Gasteiger partial charge in [-0.05, 0) is 49.8 Å². The zero-order valence-electron chi connectivity index (χ0n) is 41.5. The molecule has 2 aromatic heterocycles. The number of carbonyl (C=O) groups is 9. The standard InChI is InChI=1S/C49H64N14O9S2/c1-5-26(2)40-47(71)63(49(72)62-40)39-24-74-73-23-38(28(4)64)61-44(68)36(19-30-21-54-33-15-10-9-14-32(30)33)60-42(66)34(16-11-17-53-48(50)51)57-43(67)35(18-29-12-7-6-8-13-29)59-45(69)37(20-31-22-52-25-55-31)58-41(65)27(3)56-46(39)70/h6-10,12-15,21-22,25-27,34-40,54H,5,11,16-20,23-24H2,1-4H3,(H,52,55)(H,56,70)(H,57,67)(H,58,65)(H,59,69)(H,60,66)(H,61,68)(H,62,72)(H4,50,51,53)/t26-,27+,34-,35+,36-,37-,38-,39-,40-/m0/s1. The maximum Gasteiger partial charge on any atom is 0.325 e. The summed E-state index contributed by atoms with van der Waals surface area (Å²) in [7, 11) is 2.14. The summed E-state index contributed by atoms with van der Waals surface area (Å²) >= 11 is 0. The number of H-pyrrole nitrogens is 2. The molecule has 2 fully saturated rings. The quantitative estimate of drug-likeness (QED) is 0.0265. The highest BCUT2D eigenvalue weighted by Gasteiger charge is 2.47. The fourth-order valence-electron chi connectivity index (χ4n) is 8.34. The second-order valence-electron chi connectivity index (χ2n) is 18.2. The Bertz CT molecular complexity index is 2680. The van der Waals surface area contributed by atoms with Crippen molar-refractivity contribution in [1.29, 1.82) is 0 Å². The SMILES string of the molecule is CC[C@H](C)[C@@H]1NC(=O)N([C@H]2CSSC[C@@H](C(C)=O)NC(=O)[C@H](Cc3c[nH]c4ccccc34)NC(=O)[C@H](CCCN=C(N)N)NC(=O)[C@@H](Cc3ccccc3)NC(=O)[C@H](Cc3cnc[nH]3)NC(=O)[C@@H](C)NC2=O)C1=O. The number of Topliss-reactive ketones (excluding diaryl/α,β-unsaturated/α-hetero) is 1. The smallest absolute Gasteiger partial charge is 0.325 e. The Balaban J connectivity index is 1.39. The van der Waals surface area contributed by atoms with E-state index in [9.17, 15) is 43.2 Å². The normalized spacial score (nSPS) is 24.6. The van der Waals surface area contributed by atoms with E-state index in [4.69, 9.17) is 11.5 Å². The van der Waals surface area contributed by atoms with Crippen molar-refractivity contribution in [3.63, 3.8) is 0 Å². The van der Waals surface area contributed by atoms with Crippen LogP contribution >= 0.6 is 21.6 Å². The Hall–Kier alpha value is -7.41. The van der Waals surface area contributed by atoms with Crippen molar-refractivity contribution in [3.05, 3.63) is 90.1 Å². The summed E-state index contributed by atoms with van der Waals surface area (Å²) in [6, 6.07) is 5.08. The Morgan fingerprint density at radius 2 is 1.36 bits per heavy atom. The lowest BCUT2D eigenvalue weighted by Crippen LogP contribution is -2.60. The average molecular weight is 1060 g/mol. The minimum Gasteiger partial charge on any atom is -0.370 e. The molecule has 2 aromatic carbocycles. The molecule has 2 aliphatic heterocycles. The lowest BCUT2D eigenvalue weighted by Gasteiger charge is -2.28. The Kier molecular flexibility index (Phi) is 20.0. The molecule has 0 unspecified atom stereocenters. The first-order valence-electron chi connectivity index (χ1n) is 24.3. The highest BCUT2D eigenvalue weighted by molar-refractivity contribution is 8.76. The average Bonchev–Trinajstić information content (AvgIpc) is 4.12. The van der Waals surface area contributed by atoms with Crippen molar-refractivity contribution in [1.82, 2.24) is 57.1 Å². The molecule has 74 heavy (non-hydrogen) atoms. The van der Waals surface area contributed by atoms with E-state index in [-0.39, 0.29) is 62.0 Å². The molecule has 9 atom stereocenters. The maximum atomic E-state index is 14.6. The number of urea groups is 1. The van der Waals surface area contributed by atoms with Crippen LogP contribution in [0.1, 0.15) is 63.8 Å². The summed E-state index contributed by atoms with van der Waals surface area (Å²) in [5.74, 6) is -6.57. The highest BCUT2D eigenvalue weighted by Crippen LogP contribution is 2.28. The van der Waals surface area contributed by atoms with E-state index in [1.54, 1.807) is 43.5 Å². The van der Waals surface area contributed by atoms with Gasteiger partial charge in [0.15, 0.2) is 11.7 Å². The van der Waals surface area contributed by atoms with E-state index in [0.717, 1.165) is 37.4 Å². The summed E-state index contributed by atoms with van der Waals surface area (Å²) in [6.45, 7) is 6.37. The molecule has 2 saturated heterocycles. The molecule has 2 aliphatic rings. The third-order valence-electron chi connectivity index (χ3n) is 12.8. The number of benzene rings is 2. The van der Waals surface area contributed by atoms with Gasteiger partial charge in [0.25, 0.3) is 5.91 Å². The number of hydrogen-bond donors (Lipinski definition) is 11. The molecule has 9 amide bonds. The molecular weight excluding hydrogens is 993 g/mol. The molecule has 0 saturated carbocycles. The van der Waals surface area contributed by atoms with E-state index >= 15 is 0 Å². The minimum atomic E-state index is -1.46. The number of rotatable bonds is 14. The number of nitrogens with zero attached hydrogens (tertiary/aromatic N) is 3. The molecule has 0 aliphatic carbocycles. The van der Waals surface area contributed by atoms with Crippen LogP contribution in [0.5, 0.6) is 0 Å². The van der Waals surface area contributed by atoms with Crippen molar-refractivity contribution in [2.24, 2.45) is 22.4 Å². The van der Waals surface area contributed by atoms with Crippen LogP contribution in [0.4, 0.5) is 4.79 Å². The molecule has 0 spiro atoms. The van der Waals surface area contributed by atoms with Gasteiger partial charge in [-0.25, -0.2) is 14.7 Å². The first-order valence-corrected chi connectivity index (χ1v) is 26.7. The van der Waals surface area contributed by atoms with E-state index < -0.39 is 101 Å². The van der Waals surface area contributed by atoms with Gasteiger partial charge >= 0.3 is 6.03 Å². The van der Waals surface area contributed by atoms with Gasteiger partial charge in [0.1, 0.15) is 42.3 Å². The number of carbonyl (C=O) groups excluding carboxylic acids is 9.